The number of benzene rings is 2. The van der Waals surface area contributed by atoms with Gasteiger partial charge in [-0.25, -0.2) is 14.6 Å². The first-order valence-corrected chi connectivity index (χ1v) is 12.2. The van der Waals surface area contributed by atoms with Crippen LogP contribution in [0, 0.1) is 11.8 Å². The quantitative estimate of drug-likeness (QED) is 0.216. The van der Waals surface area contributed by atoms with Crippen LogP contribution in [0.1, 0.15) is 27.7 Å². The van der Waals surface area contributed by atoms with Crippen LogP contribution in [-0.4, -0.2) is 51.3 Å². The van der Waals surface area contributed by atoms with Crippen molar-refractivity contribution in [3.8, 4) is 22.8 Å². The highest BCUT2D eigenvalue weighted by atomic mass is 16.4. The summed E-state index contributed by atoms with van der Waals surface area (Å²) in [6.07, 6.45) is -1.22. The molecule has 0 aliphatic carbocycles. The average molecular weight is 538 g/mol. The standard InChI is InChI=1S/C27H31N5O7/c1-14(2)21(23(33)31-26(35)36)29-18-9-5-16(6-10-18)20-13-28-25(39-20)17-7-11-19(12-8-17)30-22(15(3)4)24(34)32-27(37)38/h5-15,21-22,29-30H,1-4H3,(H,31,33)(H,32,34)(H,35,36)(H,37,38)/t21-,22-/m0/s1. The molecule has 1 heterocycles. The fourth-order valence-electron chi connectivity index (χ4n) is 3.78. The Morgan fingerprint density at radius 2 is 1.10 bits per heavy atom. The summed E-state index contributed by atoms with van der Waals surface area (Å²) in [7, 11) is 0. The van der Waals surface area contributed by atoms with E-state index in [0.717, 1.165) is 5.56 Å². The van der Waals surface area contributed by atoms with Crippen molar-refractivity contribution in [1.82, 2.24) is 15.6 Å². The zero-order chi connectivity index (χ0) is 28.7. The topological polar surface area (TPSA) is 183 Å². The largest absolute Gasteiger partial charge is 0.465 e. The molecule has 0 saturated heterocycles. The number of hydrogen-bond donors (Lipinski definition) is 6. The van der Waals surface area contributed by atoms with E-state index in [1.807, 2.05) is 38.3 Å². The van der Waals surface area contributed by atoms with Crippen molar-refractivity contribution >= 4 is 35.4 Å². The van der Waals surface area contributed by atoms with Gasteiger partial charge in [-0.3, -0.25) is 20.2 Å². The first-order chi connectivity index (χ1) is 18.4. The van der Waals surface area contributed by atoms with Crippen molar-refractivity contribution in [2.75, 3.05) is 10.6 Å². The average Bonchev–Trinajstić information content (AvgIpc) is 3.35. The molecule has 2 aromatic carbocycles. The van der Waals surface area contributed by atoms with Gasteiger partial charge in [-0.15, -0.1) is 0 Å². The molecule has 0 saturated carbocycles. The second-order valence-corrected chi connectivity index (χ2v) is 9.51. The van der Waals surface area contributed by atoms with Gasteiger partial charge in [0.15, 0.2) is 5.76 Å². The monoisotopic (exact) mass is 537 g/mol. The summed E-state index contributed by atoms with van der Waals surface area (Å²) in [6.45, 7) is 7.24. The summed E-state index contributed by atoms with van der Waals surface area (Å²) < 4.78 is 5.93. The lowest BCUT2D eigenvalue weighted by Crippen LogP contribution is -2.44. The Bertz CT molecular complexity index is 1220. The molecule has 0 unspecified atom stereocenters. The number of nitrogens with one attached hydrogen (secondary N) is 4. The third-order valence-corrected chi connectivity index (χ3v) is 5.81. The highest BCUT2D eigenvalue weighted by Crippen LogP contribution is 2.28. The molecule has 0 fully saturated rings. The third kappa shape index (κ3) is 7.81. The van der Waals surface area contributed by atoms with Crippen LogP contribution in [0.5, 0.6) is 0 Å². The van der Waals surface area contributed by atoms with Crippen LogP contribution in [0.3, 0.4) is 0 Å². The van der Waals surface area contributed by atoms with Crippen molar-refractivity contribution < 1.29 is 33.8 Å². The molecule has 12 nitrogen and oxygen atoms in total. The smallest absolute Gasteiger partial charge is 0.411 e. The molecular formula is C27H31N5O7. The number of aromatic nitrogens is 1. The zero-order valence-electron chi connectivity index (χ0n) is 21.9. The van der Waals surface area contributed by atoms with Gasteiger partial charge in [-0.05, 0) is 60.4 Å². The number of anilines is 2. The first kappa shape index (κ1) is 28.7. The first-order valence-electron chi connectivity index (χ1n) is 12.2. The highest BCUT2D eigenvalue weighted by molar-refractivity contribution is 5.96. The van der Waals surface area contributed by atoms with E-state index in [0.29, 0.717) is 28.6 Å². The Hall–Kier alpha value is -4.87. The summed E-state index contributed by atoms with van der Waals surface area (Å²) in [6, 6.07) is 12.7. The van der Waals surface area contributed by atoms with Crippen molar-refractivity contribution in [1.29, 1.82) is 0 Å². The van der Waals surface area contributed by atoms with E-state index in [4.69, 9.17) is 14.6 Å². The lowest BCUT2D eigenvalue weighted by molar-refractivity contribution is -0.122. The second-order valence-electron chi connectivity index (χ2n) is 9.51. The summed E-state index contributed by atoms with van der Waals surface area (Å²) in [4.78, 5) is 50.3. The number of imide groups is 2. The van der Waals surface area contributed by atoms with E-state index < -0.39 is 36.1 Å². The van der Waals surface area contributed by atoms with E-state index in [1.54, 1.807) is 54.7 Å². The highest BCUT2D eigenvalue weighted by Gasteiger charge is 2.25. The van der Waals surface area contributed by atoms with E-state index >= 15 is 0 Å². The molecule has 3 aromatic rings. The normalized spacial score (nSPS) is 12.5. The SMILES string of the molecule is CC(C)[C@H](Nc1ccc(-c2cnc(-c3ccc(N[C@H](C(=O)NC(=O)O)C(C)C)cc3)o2)cc1)C(=O)NC(=O)O. The fourth-order valence-corrected chi connectivity index (χ4v) is 3.78. The summed E-state index contributed by atoms with van der Waals surface area (Å²) in [5, 5.41) is 27.5. The van der Waals surface area contributed by atoms with Crippen LogP contribution < -0.4 is 21.3 Å². The summed E-state index contributed by atoms with van der Waals surface area (Å²) >= 11 is 0. The molecule has 3 rings (SSSR count). The molecule has 2 atom stereocenters. The van der Waals surface area contributed by atoms with Gasteiger partial charge >= 0.3 is 12.2 Å². The van der Waals surface area contributed by atoms with E-state index in [1.165, 1.54) is 0 Å². The van der Waals surface area contributed by atoms with E-state index in [9.17, 15) is 19.2 Å². The predicted molar refractivity (Wildman–Crippen MR) is 144 cm³/mol. The number of oxazole rings is 1. The minimum Gasteiger partial charge on any atom is -0.465 e. The van der Waals surface area contributed by atoms with Gasteiger partial charge in [-0.2, -0.15) is 0 Å². The van der Waals surface area contributed by atoms with E-state index in [2.05, 4.69) is 15.6 Å². The molecule has 206 valence electrons. The van der Waals surface area contributed by atoms with Gasteiger partial charge in [0.1, 0.15) is 12.1 Å². The summed E-state index contributed by atoms with van der Waals surface area (Å²) in [5.41, 5.74) is 2.71. The molecular weight excluding hydrogens is 506 g/mol. The number of rotatable bonds is 10. The Morgan fingerprint density at radius 1 is 0.692 bits per heavy atom. The van der Waals surface area contributed by atoms with Crippen LogP contribution in [0.4, 0.5) is 21.0 Å². The third-order valence-electron chi connectivity index (χ3n) is 5.81. The molecule has 39 heavy (non-hydrogen) atoms. The van der Waals surface area contributed by atoms with Crippen molar-refractivity contribution in [2.45, 2.75) is 39.8 Å². The Labute approximate surface area is 224 Å². The molecule has 0 bridgehead atoms. The van der Waals surface area contributed by atoms with Crippen LogP contribution >= 0.6 is 0 Å². The maximum absolute atomic E-state index is 12.2. The Morgan fingerprint density at radius 3 is 1.49 bits per heavy atom. The molecule has 0 aliphatic rings. The van der Waals surface area contributed by atoms with Gasteiger partial charge in [0.25, 0.3) is 11.8 Å². The van der Waals surface area contributed by atoms with Crippen LogP contribution in [0.15, 0.2) is 59.1 Å². The van der Waals surface area contributed by atoms with Gasteiger partial charge in [0, 0.05) is 22.5 Å². The van der Waals surface area contributed by atoms with Crippen LogP contribution in [-0.2, 0) is 9.59 Å². The van der Waals surface area contributed by atoms with Gasteiger partial charge < -0.3 is 25.3 Å². The van der Waals surface area contributed by atoms with Crippen LogP contribution in [0.25, 0.3) is 22.8 Å². The molecule has 6 N–H and O–H groups in total. The maximum atomic E-state index is 12.2. The lowest BCUT2D eigenvalue weighted by atomic mass is 10.0. The minimum absolute atomic E-state index is 0.152. The molecule has 0 aliphatic heterocycles. The summed E-state index contributed by atoms with van der Waals surface area (Å²) in [5.74, 6) is -0.672. The maximum Gasteiger partial charge on any atom is 0.411 e. The Kier molecular flexibility index (Phi) is 9.26. The fraction of sp³-hybridized carbons (Fsp3) is 0.296. The number of amides is 4. The number of carbonyl (C=O) groups excluding carboxylic acids is 2. The van der Waals surface area contributed by atoms with Crippen molar-refractivity contribution in [3.05, 3.63) is 54.7 Å². The molecule has 0 spiro atoms. The number of hydrogen-bond acceptors (Lipinski definition) is 8. The van der Waals surface area contributed by atoms with Crippen LogP contribution in [0.2, 0.25) is 0 Å². The molecule has 12 heteroatoms. The minimum atomic E-state index is -1.41. The predicted octanol–water partition coefficient (Wildman–Crippen LogP) is 4.47. The number of nitrogens with zero attached hydrogens (tertiary/aromatic N) is 1. The molecule has 0 radical (unpaired) electrons. The van der Waals surface area contributed by atoms with Crippen molar-refractivity contribution in [3.63, 3.8) is 0 Å². The van der Waals surface area contributed by atoms with Gasteiger partial charge in [0.2, 0.25) is 5.89 Å². The van der Waals surface area contributed by atoms with Crippen molar-refractivity contribution in [2.24, 2.45) is 11.8 Å². The van der Waals surface area contributed by atoms with Gasteiger partial charge in [-0.1, -0.05) is 27.7 Å². The van der Waals surface area contributed by atoms with Gasteiger partial charge in [0.05, 0.1) is 6.20 Å². The number of carboxylic acid groups (broad SMARTS) is 2. The molecule has 4 amide bonds. The lowest BCUT2D eigenvalue weighted by Gasteiger charge is -2.21. The molecule has 1 aromatic heterocycles. The zero-order valence-corrected chi connectivity index (χ0v) is 21.9. The Balaban J connectivity index is 1.69. The number of carbonyl (C=O) groups is 4. The van der Waals surface area contributed by atoms with E-state index in [-0.39, 0.29) is 11.8 Å². The second kappa shape index (κ2) is 12.6.